The van der Waals surface area contributed by atoms with Crippen molar-refractivity contribution in [2.24, 2.45) is 5.92 Å². The lowest BCUT2D eigenvalue weighted by molar-refractivity contribution is -0.119. The van der Waals surface area contributed by atoms with E-state index in [1.165, 1.54) is 19.3 Å². The summed E-state index contributed by atoms with van der Waals surface area (Å²) in [7, 11) is 0. The maximum absolute atomic E-state index is 13.6. The van der Waals surface area contributed by atoms with Crippen LogP contribution in [0.2, 0.25) is 0 Å². The molecule has 0 spiro atoms. The molecule has 3 aromatic rings. The fourth-order valence-corrected chi connectivity index (χ4v) is 5.26. The molecule has 1 unspecified atom stereocenters. The highest BCUT2D eigenvalue weighted by Gasteiger charge is 2.31. The number of rotatable bonds is 7. The molecule has 2 aromatic heterocycles. The highest BCUT2D eigenvalue weighted by molar-refractivity contribution is 6.00. The van der Waals surface area contributed by atoms with Crippen LogP contribution in [0.3, 0.4) is 0 Å². The number of nitrogens with zero attached hydrogens (tertiary/aromatic N) is 3. The summed E-state index contributed by atoms with van der Waals surface area (Å²) in [4.78, 5) is 26.9. The van der Waals surface area contributed by atoms with Crippen molar-refractivity contribution in [3.63, 3.8) is 0 Å². The van der Waals surface area contributed by atoms with Crippen LogP contribution < -0.4 is 10.6 Å². The number of benzene rings is 1. The molecule has 36 heavy (non-hydrogen) atoms. The second-order valence-corrected chi connectivity index (χ2v) is 10.2. The molecule has 0 aliphatic heterocycles. The second kappa shape index (κ2) is 11.5. The number of aromatic amines is 1. The normalized spacial score (nSPS) is 15.8. The van der Waals surface area contributed by atoms with Crippen molar-refractivity contribution in [3.05, 3.63) is 53.6 Å². The summed E-state index contributed by atoms with van der Waals surface area (Å²) in [6, 6.07) is 8.95. The molecule has 192 valence electrons. The number of hydrogen-bond acceptors (Lipinski definition) is 4. The third kappa shape index (κ3) is 5.86. The Bertz CT molecular complexity index is 1150. The van der Waals surface area contributed by atoms with Crippen LogP contribution in [0.4, 0.5) is 5.69 Å². The van der Waals surface area contributed by atoms with Gasteiger partial charge in [0.05, 0.1) is 5.69 Å². The number of carbonyl (C=O) groups excluding carboxylic acids is 2. The standard InChI is InChI=1S/C28H38N6O2/c1-18(2)34-24(16-17-29-34)27(35)31-26(22-10-8-6-5-7-9-11-22)28(36)30-23-14-12-21(13-15-23)25-19(3)32-33-20(25)4/h12-18,22,26H,5-11H2,1-4H3,(H,30,36)(H,31,35)(H,32,33). The van der Waals surface area contributed by atoms with E-state index in [-0.39, 0.29) is 23.8 Å². The minimum atomic E-state index is -0.607. The van der Waals surface area contributed by atoms with E-state index in [4.69, 9.17) is 0 Å². The summed E-state index contributed by atoms with van der Waals surface area (Å²) >= 11 is 0. The maximum atomic E-state index is 13.6. The van der Waals surface area contributed by atoms with Crippen LogP contribution in [0.15, 0.2) is 36.5 Å². The second-order valence-electron chi connectivity index (χ2n) is 10.2. The van der Waals surface area contributed by atoms with Crippen molar-refractivity contribution >= 4 is 17.5 Å². The third-order valence-corrected chi connectivity index (χ3v) is 7.15. The first-order valence-corrected chi connectivity index (χ1v) is 13.1. The van der Waals surface area contributed by atoms with Gasteiger partial charge in [0.15, 0.2) is 0 Å². The predicted molar refractivity (Wildman–Crippen MR) is 142 cm³/mol. The Morgan fingerprint density at radius 1 is 1.00 bits per heavy atom. The first kappa shape index (κ1) is 25.7. The minimum absolute atomic E-state index is 0.0513. The smallest absolute Gasteiger partial charge is 0.270 e. The highest BCUT2D eigenvalue weighted by atomic mass is 16.2. The Kier molecular flexibility index (Phi) is 8.23. The van der Waals surface area contributed by atoms with E-state index >= 15 is 0 Å². The molecule has 0 bridgehead atoms. The van der Waals surface area contributed by atoms with Gasteiger partial charge in [-0.1, -0.05) is 44.2 Å². The number of amides is 2. The van der Waals surface area contributed by atoms with E-state index in [1.807, 2.05) is 52.0 Å². The summed E-state index contributed by atoms with van der Waals surface area (Å²) in [6.07, 6.45) is 9.23. The van der Waals surface area contributed by atoms with Gasteiger partial charge in [-0.25, -0.2) is 0 Å². The van der Waals surface area contributed by atoms with Gasteiger partial charge in [0.2, 0.25) is 5.91 Å². The average molecular weight is 491 g/mol. The lowest BCUT2D eigenvalue weighted by Crippen LogP contribution is -2.49. The van der Waals surface area contributed by atoms with E-state index in [9.17, 15) is 9.59 Å². The number of carbonyl (C=O) groups is 2. The van der Waals surface area contributed by atoms with E-state index in [0.717, 1.165) is 48.2 Å². The Balaban J connectivity index is 1.53. The van der Waals surface area contributed by atoms with Crippen molar-refractivity contribution < 1.29 is 9.59 Å². The SMILES string of the molecule is Cc1n[nH]c(C)c1-c1ccc(NC(=O)C(NC(=O)c2ccnn2C(C)C)C2CCCCCCC2)cc1. The third-order valence-electron chi connectivity index (χ3n) is 7.15. The quantitative estimate of drug-likeness (QED) is 0.403. The first-order chi connectivity index (χ1) is 17.3. The van der Waals surface area contributed by atoms with Gasteiger partial charge in [-0.05, 0) is 70.2 Å². The molecule has 1 aromatic carbocycles. The number of aryl methyl sites for hydroxylation is 2. The van der Waals surface area contributed by atoms with Gasteiger partial charge in [0.25, 0.3) is 5.91 Å². The van der Waals surface area contributed by atoms with E-state index in [0.29, 0.717) is 11.4 Å². The summed E-state index contributed by atoms with van der Waals surface area (Å²) in [6.45, 7) is 7.94. The van der Waals surface area contributed by atoms with Crippen LogP contribution in [0.1, 0.15) is 86.7 Å². The molecule has 0 saturated heterocycles. The van der Waals surface area contributed by atoms with E-state index in [2.05, 4.69) is 25.9 Å². The molecule has 2 amide bonds. The zero-order valence-electron chi connectivity index (χ0n) is 21.8. The molecule has 1 aliphatic carbocycles. The van der Waals surface area contributed by atoms with Gasteiger partial charge >= 0.3 is 0 Å². The van der Waals surface area contributed by atoms with Crippen LogP contribution in [-0.2, 0) is 4.79 Å². The summed E-state index contributed by atoms with van der Waals surface area (Å²) in [5.41, 5.74) is 5.26. The Hall–Kier alpha value is -3.42. The lowest BCUT2D eigenvalue weighted by Gasteiger charge is -2.29. The topological polar surface area (TPSA) is 105 Å². The van der Waals surface area contributed by atoms with Crippen LogP contribution in [0.5, 0.6) is 0 Å². The molecule has 1 atom stereocenters. The molecule has 0 radical (unpaired) electrons. The highest BCUT2D eigenvalue weighted by Crippen LogP contribution is 2.28. The van der Waals surface area contributed by atoms with Gasteiger partial charge in [0, 0.05) is 29.2 Å². The molecule has 1 fully saturated rings. The molecule has 8 heteroatoms. The zero-order chi connectivity index (χ0) is 25.7. The van der Waals surface area contributed by atoms with E-state index in [1.54, 1.807) is 16.9 Å². The number of nitrogens with one attached hydrogen (secondary N) is 3. The molecular weight excluding hydrogens is 452 g/mol. The fourth-order valence-electron chi connectivity index (χ4n) is 5.26. The Morgan fingerprint density at radius 3 is 2.28 bits per heavy atom. The van der Waals surface area contributed by atoms with Gasteiger partial charge in [0.1, 0.15) is 11.7 Å². The Labute approximate surface area is 213 Å². The average Bonchev–Trinajstić information content (AvgIpc) is 3.45. The molecule has 1 saturated carbocycles. The number of aromatic nitrogens is 4. The molecule has 4 rings (SSSR count). The van der Waals surface area contributed by atoms with Gasteiger partial charge in [-0.15, -0.1) is 0 Å². The van der Waals surface area contributed by atoms with Crippen LogP contribution in [0.25, 0.3) is 11.1 Å². The number of H-pyrrole nitrogens is 1. The molecule has 1 aliphatic rings. The largest absolute Gasteiger partial charge is 0.339 e. The van der Waals surface area contributed by atoms with Crippen LogP contribution in [-0.4, -0.2) is 37.8 Å². The summed E-state index contributed by atoms with van der Waals surface area (Å²) < 4.78 is 1.70. The molecule has 2 heterocycles. The van der Waals surface area contributed by atoms with Crippen molar-refractivity contribution in [2.45, 2.75) is 84.7 Å². The lowest BCUT2D eigenvalue weighted by atomic mass is 9.85. The fraction of sp³-hybridized carbons (Fsp3) is 0.500. The maximum Gasteiger partial charge on any atom is 0.270 e. The van der Waals surface area contributed by atoms with Crippen LogP contribution in [0, 0.1) is 19.8 Å². The molecular formula is C28H38N6O2. The summed E-state index contributed by atoms with van der Waals surface area (Å²) in [5.74, 6) is -0.335. The predicted octanol–water partition coefficient (Wildman–Crippen LogP) is 5.57. The monoisotopic (exact) mass is 490 g/mol. The molecule has 8 nitrogen and oxygen atoms in total. The van der Waals surface area contributed by atoms with Crippen molar-refractivity contribution in [3.8, 4) is 11.1 Å². The number of hydrogen-bond donors (Lipinski definition) is 3. The zero-order valence-corrected chi connectivity index (χ0v) is 21.8. The van der Waals surface area contributed by atoms with Crippen molar-refractivity contribution in [1.82, 2.24) is 25.3 Å². The van der Waals surface area contributed by atoms with Crippen molar-refractivity contribution in [2.75, 3.05) is 5.32 Å². The Morgan fingerprint density at radius 2 is 1.67 bits per heavy atom. The molecule has 3 N–H and O–H groups in total. The first-order valence-electron chi connectivity index (χ1n) is 13.1. The minimum Gasteiger partial charge on any atom is -0.339 e. The van der Waals surface area contributed by atoms with Gasteiger partial charge in [-0.3, -0.25) is 19.4 Å². The number of anilines is 1. The van der Waals surface area contributed by atoms with Gasteiger partial charge < -0.3 is 10.6 Å². The summed E-state index contributed by atoms with van der Waals surface area (Å²) in [5, 5.41) is 17.7. The van der Waals surface area contributed by atoms with Gasteiger partial charge in [-0.2, -0.15) is 10.2 Å². The van der Waals surface area contributed by atoms with Crippen molar-refractivity contribution in [1.29, 1.82) is 0 Å². The van der Waals surface area contributed by atoms with E-state index < -0.39 is 6.04 Å². The van der Waals surface area contributed by atoms with Crippen LogP contribution >= 0.6 is 0 Å².